The van der Waals surface area contributed by atoms with Gasteiger partial charge in [0.25, 0.3) is 0 Å². The summed E-state index contributed by atoms with van der Waals surface area (Å²) in [6, 6.07) is 3.76. The molecule has 1 heterocycles. The first kappa shape index (κ1) is 14.3. The number of aliphatic carboxylic acids is 1. The van der Waals surface area contributed by atoms with Crippen molar-refractivity contribution in [3.63, 3.8) is 0 Å². The van der Waals surface area contributed by atoms with Crippen LogP contribution in [0.25, 0.3) is 6.08 Å². The summed E-state index contributed by atoms with van der Waals surface area (Å²) in [6.45, 7) is 4.04. The lowest BCUT2D eigenvalue weighted by Crippen LogP contribution is -2.10. The number of rotatable bonds is 4. The molecule has 1 aliphatic rings. The van der Waals surface area contributed by atoms with Crippen LogP contribution in [0.4, 0.5) is 0 Å². The van der Waals surface area contributed by atoms with E-state index in [-0.39, 0.29) is 0 Å². The van der Waals surface area contributed by atoms with Gasteiger partial charge in [-0.15, -0.1) is 0 Å². The lowest BCUT2D eigenvalue weighted by Gasteiger charge is -2.09. The molecule has 0 fully saturated rings. The van der Waals surface area contributed by atoms with Crippen molar-refractivity contribution in [2.24, 2.45) is 0 Å². The SMILES string of the molecule is CC(C)=CCc1cc(C=CC(=O)O)cc2c1O[C@H](O)C2. The minimum absolute atomic E-state index is 0.436. The highest BCUT2D eigenvalue weighted by Crippen LogP contribution is 2.34. The molecule has 0 bridgehead atoms. The number of fused-ring (bicyclic) bond motifs is 1. The molecule has 0 radical (unpaired) electrons. The molecule has 0 aromatic heterocycles. The Bertz CT molecular complexity index is 580. The molecule has 1 aromatic carbocycles. The first-order valence-corrected chi connectivity index (χ1v) is 6.50. The minimum atomic E-state index is -0.979. The van der Waals surface area contributed by atoms with E-state index in [2.05, 4.69) is 6.08 Å². The third kappa shape index (κ3) is 3.48. The number of aliphatic hydroxyl groups excluding tert-OH is 1. The van der Waals surface area contributed by atoms with Crippen LogP contribution >= 0.6 is 0 Å². The van der Waals surface area contributed by atoms with Gasteiger partial charge in [0.2, 0.25) is 6.29 Å². The molecule has 0 unspecified atom stereocenters. The van der Waals surface area contributed by atoms with E-state index in [0.717, 1.165) is 28.5 Å². The number of carboxylic acid groups (broad SMARTS) is 1. The average Bonchev–Trinajstić information content (AvgIpc) is 2.73. The quantitative estimate of drug-likeness (QED) is 0.654. The maximum Gasteiger partial charge on any atom is 0.328 e. The van der Waals surface area contributed by atoms with Gasteiger partial charge in [-0.25, -0.2) is 4.79 Å². The predicted octanol–water partition coefficient (Wildman–Crippen LogP) is 2.55. The Morgan fingerprint density at radius 1 is 1.45 bits per heavy atom. The number of ether oxygens (including phenoxy) is 1. The number of benzene rings is 1. The van der Waals surface area contributed by atoms with E-state index in [4.69, 9.17) is 9.84 Å². The molecular formula is C16H18O4. The summed E-state index contributed by atoms with van der Waals surface area (Å²) in [5, 5.41) is 18.3. The Hall–Kier alpha value is -2.07. The Morgan fingerprint density at radius 2 is 2.20 bits per heavy atom. The topological polar surface area (TPSA) is 66.8 Å². The number of carbonyl (C=O) groups is 1. The molecule has 1 aliphatic heterocycles. The van der Waals surface area contributed by atoms with Gasteiger partial charge < -0.3 is 14.9 Å². The normalized spacial score (nSPS) is 16.9. The van der Waals surface area contributed by atoms with Crippen molar-refractivity contribution in [2.75, 3.05) is 0 Å². The lowest BCUT2D eigenvalue weighted by molar-refractivity contribution is -0.131. The molecule has 1 atom stereocenters. The number of carboxylic acids is 1. The van der Waals surface area contributed by atoms with E-state index in [0.29, 0.717) is 12.8 Å². The summed E-state index contributed by atoms with van der Waals surface area (Å²) in [6.07, 6.45) is 5.07. The summed E-state index contributed by atoms with van der Waals surface area (Å²) in [7, 11) is 0. The standard InChI is InChI=1S/C16H18O4/c1-10(2)3-5-12-7-11(4-6-14(17)18)8-13-9-15(19)20-16(12)13/h3-4,6-8,15,19H,5,9H2,1-2H3,(H,17,18)/t15-/m0/s1. The Labute approximate surface area is 118 Å². The van der Waals surface area contributed by atoms with Gasteiger partial charge in [-0.2, -0.15) is 0 Å². The fourth-order valence-corrected chi connectivity index (χ4v) is 2.18. The maximum absolute atomic E-state index is 10.6. The third-order valence-electron chi connectivity index (χ3n) is 3.06. The highest BCUT2D eigenvalue weighted by atomic mass is 16.6. The molecule has 4 nitrogen and oxygen atoms in total. The summed E-state index contributed by atoms with van der Waals surface area (Å²) in [5.41, 5.74) is 3.89. The summed E-state index contributed by atoms with van der Waals surface area (Å²) >= 11 is 0. The van der Waals surface area contributed by atoms with Crippen LogP contribution in [0.1, 0.15) is 30.5 Å². The van der Waals surface area contributed by atoms with Crippen molar-refractivity contribution >= 4 is 12.0 Å². The summed E-state index contributed by atoms with van der Waals surface area (Å²) < 4.78 is 5.44. The Balaban J connectivity index is 2.38. The molecule has 4 heteroatoms. The van der Waals surface area contributed by atoms with Gasteiger partial charge in [-0.05, 0) is 49.6 Å². The van der Waals surface area contributed by atoms with Gasteiger partial charge in [-0.3, -0.25) is 0 Å². The fourth-order valence-electron chi connectivity index (χ4n) is 2.18. The van der Waals surface area contributed by atoms with Crippen molar-refractivity contribution in [1.82, 2.24) is 0 Å². The van der Waals surface area contributed by atoms with Gasteiger partial charge in [0.05, 0.1) is 0 Å². The van der Waals surface area contributed by atoms with E-state index >= 15 is 0 Å². The highest BCUT2D eigenvalue weighted by Gasteiger charge is 2.23. The molecule has 0 saturated heterocycles. The fraction of sp³-hybridized carbons (Fsp3) is 0.312. The molecule has 0 aliphatic carbocycles. The largest absolute Gasteiger partial charge is 0.478 e. The van der Waals surface area contributed by atoms with E-state index in [1.54, 1.807) is 6.08 Å². The van der Waals surface area contributed by atoms with Crippen molar-refractivity contribution in [3.05, 3.63) is 46.5 Å². The van der Waals surface area contributed by atoms with Gasteiger partial charge in [0.15, 0.2) is 0 Å². The lowest BCUT2D eigenvalue weighted by atomic mass is 10.00. The smallest absolute Gasteiger partial charge is 0.328 e. The molecule has 106 valence electrons. The number of allylic oxidation sites excluding steroid dienone is 2. The van der Waals surface area contributed by atoms with E-state index < -0.39 is 12.3 Å². The molecule has 0 spiro atoms. The van der Waals surface area contributed by atoms with Crippen LogP contribution in [-0.4, -0.2) is 22.5 Å². The van der Waals surface area contributed by atoms with Crippen LogP contribution in [0.15, 0.2) is 29.9 Å². The second-order valence-corrected chi connectivity index (χ2v) is 5.10. The molecule has 20 heavy (non-hydrogen) atoms. The molecule has 2 rings (SSSR count). The molecule has 0 amide bonds. The van der Waals surface area contributed by atoms with Gasteiger partial charge in [-0.1, -0.05) is 11.6 Å². The molecule has 1 aromatic rings. The van der Waals surface area contributed by atoms with Crippen LogP contribution in [-0.2, 0) is 17.6 Å². The zero-order valence-electron chi connectivity index (χ0n) is 11.6. The number of aliphatic hydroxyl groups is 1. The summed E-state index contributed by atoms with van der Waals surface area (Å²) in [5.74, 6) is -0.255. The van der Waals surface area contributed by atoms with Crippen molar-refractivity contribution < 1.29 is 19.7 Å². The molecule has 2 N–H and O–H groups in total. The van der Waals surface area contributed by atoms with Crippen LogP contribution < -0.4 is 4.74 Å². The van der Waals surface area contributed by atoms with E-state index in [1.165, 1.54) is 5.57 Å². The zero-order chi connectivity index (χ0) is 14.7. The Morgan fingerprint density at radius 3 is 2.85 bits per heavy atom. The average molecular weight is 274 g/mol. The second kappa shape index (κ2) is 5.92. The Kier molecular flexibility index (Phi) is 4.25. The van der Waals surface area contributed by atoms with Gasteiger partial charge in [0, 0.05) is 18.1 Å². The van der Waals surface area contributed by atoms with Crippen molar-refractivity contribution in [2.45, 2.75) is 33.0 Å². The molecular weight excluding hydrogens is 256 g/mol. The van der Waals surface area contributed by atoms with Crippen molar-refractivity contribution in [1.29, 1.82) is 0 Å². The zero-order valence-corrected chi connectivity index (χ0v) is 11.6. The van der Waals surface area contributed by atoms with Crippen LogP contribution in [0.3, 0.4) is 0 Å². The monoisotopic (exact) mass is 274 g/mol. The highest BCUT2D eigenvalue weighted by molar-refractivity contribution is 5.85. The van der Waals surface area contributed by atoms with E-state index in [9.17, 15) is 9.90 Å². The third-order valence-corrected chi connectivity index (χ3v) is 3.06. The van der Waals surface area contributed by atoms with Crippen LogP contribution in [0.2, 0.25) is 0 Å². The van der Waals surface area contributed by atoms with Crippen LogP contribution in [0, 0.1) is 0 Å². The minimum Gasteiger partial charge on any atom is -0.478 e. The first-order valence-electron chi connectivity index (χ1n) is 6.50. The predicted molar refractivity (Wildman–Crippen MR) is 76.6 cm³/mol. The molecule has 0 saturated carbocycles. The van der Waals surface area contributed by atoms with Gasteiger partial charge >= 0.3 is 5.97 Å². The van der Waals surface area contributed by atoms with Gasteiger partial charge in [0.1, 0.15) is 5.75 Å². The van der Waals surface area contributed by atoms with Crippen molar-refractivity contribution in [3.8, 4) is 5.75 Å². The van der Waals surface area contributed by atoms with Crippen LogP contribution in [0.5, 0.6) is 5.75 Å². The number of hydrogen-bond acceptors (Lipinski definition) is 3. The number of hydrogen-bond donors (Lipinski definition) is 2. The second-order valence-electron chi connectivity index (χ2n) is 5.10. The van der Waals surface area contributed by atoms with E-state index in [1.807, 2.05) is 26.0 Å². The maximum atomic E-state index is 10.6. The first-order chi connectivity index (χ1) is 9.45. The summed E-state index contributed by atoms with van der Waals surface area (Å²) in [4.78, 5) is 10.6.